The van der Waals surface area contributed by atoms with Crippen molar-refractivity contribution in [3.05, 3.63) is 35.5 Å². The molecule has 1 aromatic carbocycles. The zero-order chi connectivity index (χ0) is 17.5. The number of nitrogens with one attached hydrogen (secondary N) is 1. The Morgan fingerprint density at radius 1 is 1.38 bits per heavy atom. The van der Waals surface area contributed by atoms with Crippen molar-refractivity contribution in [2.75, 3.05) is 11.0 Å². The van der Waals surface area contributed by atoms with Crippen LogP contribution in [0, 0.1) is 11.3 Å². The van der Waals surface area contributed by atoms with Crippen LogP contribution in [0.2, 0.25) is 0 Å². The fourth-order valence-electron chi connectivity index (χ4n) is 2.58. The van der Waals surface area contributed by atoms with Crippen molar-refractivity contribution in [3.63, 3.8) is 0 Å². The van der Waals surface area contributed by atoms with Gasteiger partial charge in [-0.1, -0.05) is 6.07 Å². The lowest BCUT2D eigenvalue weighted by Crippen LogP contribution is -2.09. The molecule has 0 atom stereocenters. The average Bonchev–Trinajstić information content (AvgIpc) is 3.08. The van der Waals surface area contributed by atoms with Gasteiger partial charge in [-0.2, -0.15) is 5.26 Å². The topological polar surface area (TPSA) is 87.8 Å². The lowest BCUT2D eigenvalue weighted by molar-refractivity contribution is 0.607. The third-order valence-electron chi connectivity index (χ3n) is 3.54. The maximum atomic E-state index is 11.5. The Kier molecular flexibility index (Phi) is 4.07. The largest absolute Gasteiger partial charge is 0.344 e. The van der Waals surface area contributed by atoms with Gasteiger partial charge in [0.1, 0.15) is 16.0 Å². The molecule has 0 spiro atoms. The quantitative estimate of drug-likeness (QED) is 0.770. The number of fused-ring (bicyclic) bond motifs is 1. The molecule has 0 fully saturated rings. The van der Waals surface area contributed by atoms with E-state index in [2.05, 4.69) is 34.2 Å². The van der Waals surface area contributed by atoms with E-state index in [1.165, 1.54) is 11.3 Å². The lowest BCUT2D eigenvalue weighted by Gasteiger charge is -2.10. The molecule has 2 aromatic heterocycles. The molecule has 0 aliphatic heterocycles. The second-order valence-electron chi connectivity index (χ2n) is 5.79. The molecular weight excluding hydrogens is 344 g/mol. The van der Waals surface area contributed by atoms with Gasteiger partial charge in [-0.05, 0) is 26.0 Å². The summed E-state index contributed by atoms with van der Waals surface area (Å²) in [6, 6.07) is 7.73. The van der Waals surface area contributed by atoms with E-state index < -0.39 is 10.0 Å². The summed E-state index contributed by atoms with van der Waals surface area (Å²) >= 11 is 1.34. The minimum Gasteiger partial charge on any atom is -0.344 e. The van der Waals surface area contributed by atoms with Gasteiger partial charge >= 0.3 is 0 Å². The molecule has 0 bridgehead atoms. The number of aromatic nitrogens is 2. The first-order valence-electron chi connectivity index (χ1n) is 7.27. The third-order valence-corrected chi connectivity index (χ3v) is 5.08. The number of anilines is 1. The predicted octanol–water partition coefficient (Wildman–Crippen LogP) is 3.59. The van der Waals surface area contributed by atoms with Gasteiger partial charge in [-0.3, -0.25) is 4.72 Å². The summed E-state index contributed by atoms with van der Waals surface area (Å²) < 4.78 is 27.5. The predicted molar refractivity (Wildman–Crippen MR) is 96.6 cm³/mol. The molecular formula is C16H16N4O2S2. The van der Waals surface area contributed by atoms with Crippen LogP contribution in [-0.2, 0) is 10.0 Å². The number of rotatable bonds is 4. The second kappa shape index (κ2) is 5.92. The normalized spacial score (nSPS) is 11.8. The van der Waals surface area contributed by atoms with Crippen molar-refractivity contribution in [2.45, 2.75) is 19.9 Å². The molecule has 0 unspecified atom stereocenters. The van der Waals surface area contributed by atoms with E-state index >= 15 is 0 Å². The van der Waals surface area contributed by atoms with E-state index in [-0.39, 0.29) is 6.04 Å². The highest BCUT2D eigenvalue weighted by molar-refractivity contribution is 7.92. The molecule has 8 heteroatoms. The van der Waals surface area contributed by atoms with E-state index in [0.29, 0.717) is 10.6 Å². The van der Waals surface area contributed by atoms with Crippen molar-refractivity contribution in [2.24, 2.45) is 0 Å². The van der Waals surface area contributed by atoms with E-state index in [4.69, 9.17) is 5.26 Å². The molecule has 3 aromatic rings. The van der Waals surface area contributed by atoms with Crippen LogP contribution >= 0.6 is 11.3 Å². The Labute approximate surface area is 144 Å². The molecule has 124 valence electrons. The van der Waals surface area contributed by atoms with Gasteiger partial charge in [0.15, 0.2) is 0 Å². The summed E-state index contributed by atoms with van der Waals surface area (Å²) in [4.78, 5) is 4.89. The first-order valence-corrected chi connectivity index (χ1v) is 9.98. The molecule has 6 nitrogen and oxygen atoms in total. The van der Waals surface area contributed by atoms with Crippen molar-refractivity contribution < 1.29 is 8.42 Å². The number of sulfonamides is 1. The van der Waals surface area contributed by atoms with E-state index in [1.807, 2.05) is 18.3 Å². The van der Waals surface area contributed by atoms with Gasteiger partial charge in [0, 0.05) is 23.2 Å². The maximum absolute atomic E-state index is 11.5. The Hall–Kier alpha value is -2.37. The van der Waals surface area contributed by atoms with Crippen LogP contribution in [0.1, 0.15) is 24.8 Å². The fourth-order valence-corrected chi connectivity index (χ4v) is 3.87. The lowest BCUT2D eigenvalue weighted by atomic mass is 10.1. The zero-order valence-corrected chi connectivity index (χ0v) is 15.1. The number of nitriles is 1. The summed E-state index contributed by atoms with van der Waals surface area (Å²) in [5.74, 6) is 0. The van der Waals surface area contributed by atoms with Gasteiger partial charge in [-0.25, -0.2) is 13.4 Å². The Morgan fingerprint density at radius 3 is 2.71 bits per heavy atom. The van der Waals surface area contributed by atoms with Gasteiger partial charge in [0.05, 0.1) is 23.7 Å². The van der Waals surface area contributed by atoms with Crippen LogP contribution in [0.3, 0.4) is 0 Å². The molecule has 0 amide bonds. The standard InChI is InChI=1S/C16H16N4O2S2/c1-10(2)20-9-14(16-18-8-12(7-17)23-16)13-5-4-11(6-15(13)20)19-24(3,21)22/h4-6,8-10,19H,1-3H3. The van der Waals surface area contributed by atoms with Crippen molar-refractivity contribution in [3.8, 4) is 16.6 Å². The van der Waals surface area contributed by atoms with Crippen LogP contribution in [0.15, 0.2) is 30.6 Å². The fraction of sp³-hybridized carbons (Fsp3) is 0.250. The van der Waals surface area contributed by atoms with E-state index in [9.17, 15) is 8.42 Å². The summed E-state index contributed by atoms with van der Waals surface area (Å²) in [6.45, 7) is 4.12. The first kappa shape index (κ1) is 16.5. The highest BCUT2D eigenvalue weighted by Crippen LogP contribution is 2.36. The molecule has 2 heterocycles. The number of hydrogen-bond acceptors (Lipinski definition) is 5. The molecule has 0 radical (unpaired) electrons. The molecule has 3 rings (SSSR count). The Morgan fingerprint density at radius 2 is 2.12 bits per heavy atom. The minimum atomic E-state index is -3.33. The van der Waals surface area contributed by atoms with Gasteiger partial charge in [-0.15, -0.1) is 11.3 Å². The Balaban J connectivity index is 2.20. The zero-order valence-electron chi connectivity index (χ0n) is 13.4. The number of thiazole rings is 1. The van der Waals surface area contributed by atoms with Gasteiger partial charge < -0.3 is 4.57 Å². The molecule has 0 aliphatic carbocycles. The van der Waals surface area contributed by atoms with Crippen LogP contribution in [0.5, 0.6) is 0 Å². The van der Waals surface area contributed by atoms with E-state index in [0.717, 1.165) is 27.7 Å². The highest BCUT2D eigenvalue weighted by atomic mass is 32.2. The molecule has 1 N–H and O–H groups in total. The smallest absolute Gasteiger partial charge is 0.229 e. The molecule has 0 saturated carbocycles. The van der Waals surface area contributed by atoms with Crippen LogP contribution in [0.25, 0.3) is 21.5 Å². The SMILES string of the molecule is CC(C)n1cc(-c2ncc(C#N)s2)c2ccc(NS(C)(=O)=O)cc21. The first-order chi connectivity index (χ1) is 11.3. The summed E-state index contributed by atoms with van der Waals surface area (Å²) in [5.41, 5.74) is 2.38. The summed E-state index contributed by atoms with van der Waals surface area (Å²) in [5, 5.41) is 10.8. The highest BCUT2D eigenvalue weighted by Gasteiger charge is 2.16. The molecule has 0 aliphatic rings. The Bertz CT molecular complexity index is 1060. The number of hydrogen-bond donors (Lipinski definition) is 1. The molecule has 0 saturated heterocycles. The van der Waals surface area contributed by atoms with Crippen molar-refractivity contribution >= 4 is 38.0 Å². The average molecular weight is 360 g/mol. The van der Waals surface area contributed by atoms with E-state index in [1.54, 1.807) is 12.3 Å². The van der Waals surface area contributed by atoms with Crippen molar-refractivity contribution in [1.29, 1.82) is 5.26 Å². The number of benzene rings is 1. The van der Waals surface area contributed by atoms with Gasteiger partial charge in [0.25, 0.3) is 0 Å². The van der Waals surface area contributed by atoms with Gasteiger partial charge in [0.2, 0.25) is 10.0 Å². The van der Waals surface area contributed by atoms with Crippen LogP contribution in [0.4, 0.5) is 5.69 Å². The maximum Gasteiger partial charge on any atom is 0.229 e. The summed E-state index contributed by atoms with van der Waals surface area (Å²) in [7, 11) is -3.33. The van der Waals surface area contributed by atoms with Crippen molar-refractivity contribution in [1.82, 2.24) is 9.55 Å². The van der Waals surface area contributed by atoms with Crippen LogP contribution in [-0.4, -0.2) is 24.2 Å². The summed E-state index contributed by atoms with van der Waals surface area (Å²) in [6.07, 6.45) is 4.70. The number of nitrogens with zero attached hydrogens (tertiary/aromatic N) is 3. The monoisotopic (exact) mass is 360 g/mol. The second-order valence-corrected chi connectivity index (χ2v) is 8.57. The minimum absolute atomic E-state index is 0.199. The molecule has 24 heavy (non-hydrogen) atoms. The third kappa shape index (κ3) is 3.13. The van der Waals surface area contributed by atoms with Crippen LogP contribution < -0.4 is 4.72 Å².